The van der Waals surface area contributed by atoms with Crippen molar-refractivity contribution in [2.45, 2.75) is 12.3 Å². The summed E-state index contributed by atoms with van der Waals surface area (Å²) in [4.78, 5) is 0. The third kappa shape index (κ3) is 1.15. The van der Waals surface area contributed by atoms with Gasteiger partial charge >= 0.3 is 0 Å². The first-order chi connectivity index (χ1) is 10.8. The Morgan fingerprint density at radius 2 is 1.59 bits per heavy atom. The first-order valence-electron chi connectivity index (χ1n) is 7.57. The van der Waals surface area contributed by atoms with Crippen molar-refractivity contribution in [1.82, 2.24) is 0 Å². The molecule has 0 radical (unpaired) electrons. The summed E-state index contributed by atoms with van der Waals surface area (Å²) in [7, 11) is 0. The molecule has 2 aliphatic carbocycles. The van der Waals surface area contributed by atoms with Crippen LogP contribution in [-0.4, -0.2) is 0 Å². The molecule has 1 nitrogen and oxygen atoms in total. The molecule has 6 rings (SSSR count). The SMILES string of the molecule is Brc1ccc2c3c1-c1cccc4c1C3c1c(cccc1O2)C4. The Bertz CT molecular complexity index is 989. The molecular formula is C20H11BrO. The minimum absolute atomic E-state index is 0.349. The van der Waals surface area contributed by atoms with Gasteiger partial charge < -0.3 is 4.74 Å². The molecule has 0 amide bonds. The summed E-state index contributed by atoms with van der Waals surface area (Å²) in [5.74, 6) is 2.39. The molecule has 0 spiro atoms. The lowest BCUT2D eigenvalue weighted by Crippen LogP contribution is -2.17. The highest BCUT2D eigenvalue weighted by molar-refractivity contribution is 9.10. The quantitative estimate of drug-likeness (QED) is 0.347. The van der Waals surface area contributed by atoms with Crippen molar-refractivity contribution >= 4 is 15.9 Å². The van der Waals surface area contributed by atoms with E-state index in [-0.39, 0.29) is 0 Å². The monoisotopic (exact) mass is 346 g/mol. The largest absolute Gasteiger partial charge is 0.457 e. The number of benzene rings is 3. The van der Waals surface area contributed by atoms with Gasteiger partial charge in [-0.3, -0.25) is 0 Å². The molecule has 3 aromatic rings. The van der Waals surface area contributed by atoms with Crippen molar-refractivity contribution in [2.24, 2.45) is 0 Å². The van der Waals surface area contributed by atoms with Gasteiger partial charge in [0.15, 0.2) is 0 Å². The lowest BCUT2D eigenvalue weighted by Gasteiger charge is -2.32. The second-order valence-electron chi connectivity index (χ2n) is 6.25. The maximum absolute atomic E-state index is 6.24. The zero-order valence-electron chi connectivity index (χ0n) is 11.7. The normalized spacial score (nSPS) is 18.0. The minimum Gasteiger partial charge on any atom is -0.457 e. The fourth-order valence-corrected chi connectivity index (χ4v) is 5.03. The van der Waals surface area contributed by atoms with E-state index < -0.39 is 0 Å². The molecule has 3 aliphatic rings. The number of rotatable bonds is 0. The van der Waals surface area contributed by atoms with E-state index in [0.717, 1.165) is 17.9 Å². The molecule has 1 heterocycles. The number of fused-ring (bicyclic) bond motifs is 1. The van der Waals surface area contributed by atoms with E-state index in [1.54, 1.807) is 0 Å². The molecule has 1 aliphatic heterocycles. The van der Waals surface area contributed by atoms with Crippen LogP contribution in [0.25, 0.3) is 11.1 Å². The Morgan fingerprint density at radius 1 is 0.818 bits per heavy atom. The highest BCUT2D eigenvalue weighted by Crippen LogP contribution is 2.61. The van der Waals surface area contributed by atoms with Crippen LogP contribution in [0.1, 0.15) is 33.7 Å². The van der Waals surface area contributed by atoms with Gasteiger partial charge in [-0.05, 0) is 46.9 Å². The van der Waals surface area contributed by atoms with Gasteiger partial charge in [-0.1, -0.05) is 46.3 Å². The Hall–Kier alpha value is -2.06. The number of hydrogen-bond acceptors (Lipinski definition) is 1. The Kier molecular flexibility index (Phi) is 1.90. The van der Waals surface area contributed by atoms with Crippen LogP contribution in [0.4, 0.5) is 0 Å². The molecule has 3 aromatic carbocycles. The maximum Gasteiger partial charge on any atom is 0.132 e. The number of hydrogen-bond donors (Lipinski definition) is 0. The zero-order chi connectivity index (χ0) is 14.4. The molecule has 0 N–H and O–H groups in total. The van der Waals surface area contributed by atoms with Gasteiger partial charge in [-0.15, -0.1) is 0 Å². The van der Waals surface area contributed by atoms with E-state index in [1.165, 1.54) is 43.4 Å². The highest BCUT2D eigenvalue weighted by atomic mass is 79.9. The van der Waals surface area contributed by atoms with Gasteiger partial charge in [0, 0.05) is 27.1 Å². The van der Waals surface area contributed by atoms with E-state index >= 15 is 0 Å². The summed E-state index contributed by atoms with van der Waals surface area (Å²) in [6, 6.07) is 17.4. The molecule has 0 fully saturated rings. The molecule has 0 bridgehead atoms. The Morgan fingerprint density at radius 3 is 2.50 bits per heavy atom. The van der Waals surface area contributed by atoms with E-state index in [9.17, 15) is 0 Å². The third-order valence-electron chi connectivity index (χ3n) is 5.24. The molecule has 0 saturated carbocycles. The lowest BCUT2D eigenvalue weighted by molar-refractivity contribution is 0.452. The van der Waals surface area contributed by atoms with E-state index in [2.05, 4.69) is 64.5 Å². The van der Waals surface area contributed by atoms with Gasteiger partial charge in [0.1, 0.15) is 11.5 Å². The van der Waals surface area contributed by atoms with Crippen LogP contribution in [-0.2, 0) is 6.42 Å². The molecule has 1 unspecified atom stereocenters. The summed E-state index contributed by atoms with van der Waals surface area (Å²) in [5, 5.41) is 0. The first-order valence-corrected chi connectivity index (χ1v) is 8.36. The van der Waals surface area contributed by atoms with Crippen molar-refractivity contribution in [2.75, 3.05) is 0 Å². The predicted molar refractivity (Wildman–Crippen MR) is 89.8 cm³/mol. The second kappa shape index (κ2) is 3.64. The smallest absolute Gasteiger partial charge is 0.132 e. The van der Waals surface area contributed by atoms with Crippen LogP contribution < -0.4 is 4.74 Å². The number of ether oxygens (including phenoxy) is 1. The average Bonchev–Trinajstić information content (AvgIpc) is 2.89. The summed E-state index contributed by atoms with van der Waals surface area (Å²) in [6.45, 7) is 0. The van der Waals surface area contributed by atoms with Crippen LogP contribution >= 0.6 is 15.9 Å². The standard InChI is InChI=1S/C20H11BrO/c21-13-7-8-15-19-18(13)12-5-1-3-10-9-11-4-2-6-14(22-15)17(11)20(19)16(10)12/h1-8,20H,9H2. The number of halogens is 1. The van der Waals surface area contributed by atoms with Crippen LogP contribution in [0.2, 0.25) is 0 Å². The molecule has 104 valence electrons. The maximum atomic E-state index is 6.24. The van der Waals surface area contributed by atoms with Crippen molar-refractivity contribution < 1.29 is 4.74 Å². The van der Waals surface area contributed by atoms with Gasteiger partial charge in [-0.25, -0.2) is 0 Å². The van der Waals surface area contributed by atoms with Crippen molar-refractivity contribution in [3.63, 3.8) is 0 Å². The van der Waals surface area contributed by atoms with Crippen LogP contribution in [0, 0.1) is 0 Å². The topological polar surface area (TPSA) is 9.23 Å². The lowest BCUT2D eigenvalue weighted by atomic mass is 9.76. The third-order valence-corrected chi connectivity index (χ3v) is 5.90. The van der Waals surface area contributed by atoms with Crippen molar-refractivity contribution in [1.29, 1.82) is 0 Å². The molecule has 0 aromatic heterocycles. The van der Waals surface area contributed by atoms with Crippen LogP contribution in [0.3, 0.4) is 0 Å². The van der Waals surface area contributed by atoms with Gasteiger partial charge in [0.25, 0.3) is 0 Å². The minimum atomic E-state index is 0.349. The Labute approximate surface area is 136 Å². The second-order valence-corrected chi connectivity index (χ2v) is 7.11. The summed E-state index contributed by atoms with van der Waals surface area (Å²) in [6.07, 6.45) is 1.01. The highest BCUT2D eigenvalue weighted by Gasteiger charge is 2.43. The van der Waals surface area contributed by atoms with Gasteiger partial charge in [0.05, 0.1) is 0 Å². The van der Waals surface area contributed by atoms with Crippen molar-refractivity contribution in [3.8, 4) is 22.6 Å². The fourth-order valence-electron chi connectivity index (χ4n) is 4.47. The van der Waals surface area contributed by atoms with Crippen molar-refractivity contribution in [3.05, 3.63) is 80.8 Å². The van der Waals surface area contributed by atoms with E-state index in [4.69, 9.17) is 4.74 Å². The fraction of sp³-hybridized carbons (Fsp3) is 0.100. The van der Waals surface area contributed by atoms with Gasteiger partial charge in [-0.2, -0.15) is 0 Å². The van der Waals surface area contributed by atoms with Crippen LogP contribution in [0.5, 0.6) is 11.5 Å². The molecule has 2 heteroatoms. The molecule has 1 atom stereocenters. The van der Waals surface area contributed by atoms with E-state index in [0.29, 0.717) is 5.92 Å². The molecule has 22 heavy (non-hydrogen) atoms. The van der Waals surface area contributed by atoms with Gasteiger partial charge in [0.2, 0.25) is 0 Å². The zero-order valence-corrected chi connectivity index (χ0v) is 13.3. The van der Waals surface area contributed by atoms with Crippen LogP contribution in [0.15, 0.2) is 53.0 Å². The Balaban J connectivity index is 1.86. The average molecular weight is 347 g/mol. The summed E-state index contributed by atoms with van der Waals surface area (Å²) in [5.41, 5.74) is 9.78. The van der Waals surface area contributed by atoms with E-state index in [1.807, 2.05) is 0 Å². The summed E-state index contributed by atoms with van der Waals surface area (Å²) >= 11 is 3.76. The molecular weight excluding hydrogens is 336 g/mol. The predicted octanol–water partition coefficient (Wildman–Crippen LogP) is 5.62. The summed E-state index contributed by atoms with van der Waals surface area (Å²) < 4.78 is 7.41. The molecule has 0 saturated heterocycles. The first kappa shape index (κ1) is 11.5.